The van der Waals surface area contributed by atoms with Crippen molar-refractivity contribution in [3.63, 3.8) is 0 Å². The molecule has 5 heteroatoms. The fourth-order valence-corrected chi connectivity index (χ4v) is 3.50. The number of carbonyl (C=O) groups excluding carboxylic acids is 1. The summed E-state index contributed by atoms with van der Waals surface area (Å²) in [5.74, 6) is 1.90. The number of hydrogen-bond acceptors (Lipinski definition) is 4. The second kappa shape index (κ2) is 5.19. The molecule has 0 bridgehead atoms. The molecule has 3 rings (SSSR count). The largest absolute Gasteiger partial charge is 0.465 e. The van der Waals surface area contributed by atoms with Crippen LogP contribution in [0.4, 0.5) is 0 Å². The summed E-state index contributed by atoms with van der Waals surface area (Å²) >= 11 is 0. The van der Waals surface area contributed by atoms with Crippen LogP contribution in [0.3, 0.4) is 0 Å². The lowest BCUT2D eigenvalue weighted by Crippen LogP contribution is -2.14. The third kappa shape index (κ3) is 2.45. The minimum Gasteiger partial charge on any atom is -0.465 e. The van der Waals surface area contributed by atoms with E-state index in [1.807, 2.05) is 25.6 Å². The van der Waals surface area contributed by atoms with Crippen LogP contribution in [0.15, 0.2) is 0 Å². The Hall–Kier alpha value is -1.39. The van der Waals surface area contributed by atoms with E-state index in [1.54, 1.807) is 0 Å². The molecular formula is C15H23N3O2. The van der Waals surface area contributed by atoms with Crippen molar-refractivity contribution in [1.29, 1.82) is 0 Å². The number of aromatic nitrogens is 3. The smallest absolute Gasteiger partial charge is 0.308 e. The first kappa shape index (κ1) is 13.6. The van der Waals surface area contributed by atoms with Crippen molar-refractivity contribution in [1.82, 2.24) is 15.0 Å². The minimum absolute atomic E-state index is 0.0270. The molecule has 1 saturated carbocycles. The SMILES string of the molecule is CC(C)C(=O)OC[C@@H]1[C@@H]2CCc3nnn(C)c3CC[C@@H]21. The molecule has 5 nitrogen and oxygen atoms in total. The highest BCUT2D eigenvalue weighted by Crippen LogP contribution is 2.52. The van der Waals surface area contributed by atoms with Crippen molar-refractivity contribution >= 4 is 5.97 Å². The molecule has 0 spiro atoms. The molecule has 0 amide bonds. The summed E-state index contributed by atoms with van der Waals surface area (Å²) in [6.07, 6.45) is 4.39. The summed E-state index contributed by atoms with van der Waals surface area (Å²) in [6, 6.07) is 0. The Balaban J connectivity index is 1.57. The maximum Gasteiger partial charge on any atom is 0.308 e. The third-order valence-corrected chi connectivity index (χ3v) is 4.85. The molecule has 0 radical (unpaired) electrons. The lowest BCUT2D eigenvalue weighted by Gasteiger charge is -2.07. The van der Waals surface area contributed by atoms with E-state index in [1.165, 1.54) is 12.1 Å². The topological polar surface area (TPSA) is 57.0 Å². The van der Waals surface area contributed by atoms with Crippen LogP contribution >= 0.6 is 0 Å². The number of rotatable bonds is 3. The number of esters is 1. The van der Waals surface area contributed by atoms with E-state index in [9.17, 15) is 4.79 Å². The summed E-state index contributed by atoms with van der Waals surface area (Å²) in [7, 11) is 1.97. The zero-order chi connectivity index (χ0) is 14.3. The Morgan fingerprint density at radius 1 is 1.35 bits per heavy atom. The predicted octanol–water partition coefficient (Wildman–Crippen LogP) is 1.76. The standard InChI is InChI=1S/C15H23N3O2/c1-9(2)15(19)20-8-12-10-4-6-13-14(7-5-11(10)12)18(3)17-16-13/h9-12H,4-8H2,1-3H3/t10-,11+,12-/m1/s1. The summed E-state index contributed by atoms with van der Waals surface area (Å²) in [5.41, 5.74) is 2.45. The lowest BCUT2D eigenvalue weighted by atomic mass is 10.0. The molecule has 2 aliphatic carbocycles. The van der Waals surface area contributed by atoms with Crippen LogP contribution in [0.2, 0.25) is 0 Å². The van der Waals surface area contributed by atoms with Crippen molar-refractivity contribution in [2.24, 2.45) is 30.7 Å². The Morgan fingerprint density at radius 3 is 2.75 bits per heavy atom. The average molecular weight is 277 g/mol. The molecule has 0 unspecified atom stereocenters. The van der Waals surface area contributed by atoms with E-state index >= 15 is 0 Å². The minimum atomic E-state index is -0.0709. The second-order valence-electron chi connectivity index (χ2n) is 6.46. The van der Waals surface area contributed by atoms with Crippen molar-refractivity contribution in [3.05, 3.63) is 11.4 Å². The van der Waals surface area contributed by atoms with Crippen LogP contribution in [0.5, 0.6) is 0 Å². The molecule has 3 atom stereocenters. The zero-order valence-corrected chi connectivity index (χ0v) is 12.5. The third-order valence-electron chi connectivity index (χ3n) is 4.85. The van der Waals surface area contributed by atoms with E-state index in [4.69, 9.17) is 4.74 Å². The van der Waals surface area contributed by atoms with Crippen molar-refractivity contribution in [2.75, 3.05) is 6.61 Å². The van der Waals surface area contributed by atoms with E-state index in [0.717, 1.165) is 30.9 Å². The van der Waals surface area contributed by atoms with Crippen LogP contribution in [0.1, 0.15) is 38.1 Å². The van der Waals surface area contributed by atoms with Gasteiger partial charge in [0.05, 0.1) is 23.9 Å². The highest BCUT2D eigenvalue weighted by molar-refractivity contribution is 5.71. The van der Waals surface area contributed by atoms with Crippen molar-refractivity contribution in [3.8, 4) is 0 Å². The van der Waals surface area contributed by atoms with Crippen LogP contribution in [0.25, 0.3) is 0 Å². The van der Waals surface area contributed by atoms with Gasteiger partial charge in [-0.05, 0) is 43.4 Å². The van der Waals surface area contributed by atoms with Gasteiger partial charge in [-0.1, -0.05) is 19.1 Å². The van der Waals surface area contributed by atoms with Crippen LogP contribution in [-0.2, 0) is 29.4 Å². The monoisotopic (exact) mass is 277 g/mol. The molecule has 1 fully saturated rings. The van der Waals surface area contributed by atoms with Gasteiger partial charge in [0, 0.05) is 7.05 Å². The number of aryl methyl sites for hydroxylation is 2. The first-order valence-electron chi connectivity index (χ1n) is 7.62. The Labute approximate surface area is 119 Å². The Kier molecular flexibility index (Phi) is 3.52. The van der Waals surface area contributed by atoms with Gasteiger partial charge in [0.25, 0.3) is 0 Å². The van der Waals surface area contributed by atoms with Gasteiger partial charge >= 0.3 is 5.97 Å². The molecule has 0 N–H and O–H groups in total. The average Bonchev–Trinajstić information content (AvgIpc) is 2.93. The van der Waals surface area contributed by atoms with Gasteiger partial charge in [-0.25, -0.2) is 0 Å². The fraction of sp³-hybridized carbons (Fsp3) is 0.800. The zero-order valence-electron chi connectivity index (χ0n) is 12.5. The van der Waals surface area contributed by atoms with E-state index in [0.29, 0.717) is 18.4 Å². The molecule has 1 heterocycles. The number of fused-ring (bicyclic) bond motifs is 2. The van der Waals surface area contributed by atoms with Gasteiger partial charge in [0.15, 0.2) is 0 Å². The highest BCUT2D eigenvalue weighted by atomic mass is 16.5. The maximum atomic E-state index is 11.6. The van der Waals surface area contributed by atoms with Gasteiger partial charge in [-0.15, -0.1) is 5.10 Å². The van der Waals surface area contributed by atoms with Crippen molar-refractivity contribution < 1.29 is 9.53 Å². The first-order valence-corrected chi connectivity index (χ1v) is 7.62. The van der Waals surface area contributed by atoms with Crippen molar-refractivity contribution in [2.45, 2.75) is 39.5 Å². The predicted molar refractivity (Wildman–Crippen MR) is 73.9 cm³/mol. The normalized spacial score (nSPS) is 28.3. The van der Waals surface area contributed by atoms with Gasteiger partial charge < -0.3 is 4.74 Å². The molecular weight excluding hydrogens is 254 g/mol. The summed E-state index contributed by atoms with van der Waals surface area (Å²) < 4.78 is 7.32. The van der Waals surface area contributed by atoms with Gasteiger partial charge in [-0.3, -0.25) is 9.48 Å². The summed E-state index contributed by atoms with van der Waals surface area (Å²) in [6.45, 7) is 4.37. The molecule has 0 aliphatic heterocycles. The van der Waals surface area contributed by atoms with Crippen LogP contribution in [0, 0.1) is 23.7 Å². The van der Waals surface area contributed by atoms with Gasteiger partial charge in [0.1, 0.15) is 0 Å². The van der Waals surface area contributed by atoms with Crippen LogP contribution < -0.4 is 0 Å². The molecule has 2 aliphatic rings. The van der Waals surface area contributed by atoms with E-state index in [-0.39, 0.29) is 11.9 Å². The van der Waals surface area contributed by atoms with Gasteiger partial charge in [0.2, 0.25) is 0 Å². The Bertz CT molecular complexity index is 509. The number of carbonyl (C=O) groups is 1. The molecule has 0 saturated heterocycles. The van der Waals surface area contributed by atoms with Gasteiger partial charge in [-0.2, -0.15) is 0 Å². The van der Waals surface area contributed by atoms with E-state index in [2.05, 4.69) is 10.3 Å². The number of hydrogen-bond donors (Lipinski definition) is 0. The fourth-order valence-electron chi connectivity index (χ4n) is 3.50. The molecule has 0 aromatic carbocycles. The Morgan fingerprint density at radius 2 is 2.05 bits per heavy atom. The maximum absolute atomic E-state index is 11.6. The number of nitrogens with zero attached hydrogens (tertiary/aromatic N) is 3. The highest BCUT2D eigenvalue weighted by Gasteiger charge is 2.50. The molecule has 20 heavy (non-hydrogen) atoms. The quantitative estimate of drug-likeness (QED) is 0.790. The second-order valence-corrected chi connectivity index (χ2v) is 6.46. The summed E-state index contributed by atoms with van der Waals surface area (Å²) in [5, 5.41) is 8.38. The lowest BCUT2D eigenvalue weighted by molar-refractivity contribution is -0.148. The molecule has 1 aromatic rings. The molecule has 110 valence electrons. The van der Waals surface area contributed by atoms with E-state index < -0.39 is 0 Å². The molecule has 1 aromatic heterocycles. The first-order chi connectivity index (χ1) is 9.58. The summed E-state index contributed by atoms with van der Waals surface area (Å²) in [4.78, 5) is 11.6. The van der Waals surface area contributed by atoms with Crippen LogP contribution in [-0.4, -0.2) is 27.6 Å². The number of ether oxygens (including phenoxy) is 1.